The first-order valence-corrected chi connectivity index (χ1v) is 3.94. The molecule has 0 aliphatic heterocycles. The summed E-state index contributed by atoms with van der Waals surface area (Å²) in [5, 5.41) is 13.2. The van der Waals surface area contributed by atoms with Crippen LogP contribution in [0.4, 0.5) is 4.39 Å². The van der Waals surface area contributed by atoms with Gasteiger partial charge in [0.2, 0.25) is 0 Å². The summed E-state index contributed by atoms with van der Waals surface area (Å²) >= 11 is 0. The first-order valence-electron chi connectivity index (χ1n) is 3.94. The van der Waals surface area contributed by atoms with Crippen LogP contribution in [0.25, 0.3) is 0 Å². The van der Waals surface area contributed by atoms with E-state index in [1.165, 1.54) is 0 Å². The van der Waals surface area contributed by atoms with Crippen LogP contribution in [0.2, 0.25) is 0 Å². The van der Waals surface area contributed by atoms with Crippen LogP contribution in [0.5, 0.6) is 0 Å². The lowest BCUT2D eigenvalue weighted by molar-refractivity contribution is 0.130. The van der Waals surface area contributed by atoms with Crippen LogP contribution < -0.4 is 0 Å². The predicted molar refractivity (Wildman–Crippen MR) is 43.5 cm³/mol. The van der Waals surface area contributed by atoms with Crippen LogP contribution in [0, 0.1) is 0 Å². The van der Waals surface area contributed by atoms with Gasteiger partial charge in [-0.05, 0) is 19.9 Å². The van der Waals surface area contributed by atoms with Crippen molar-refractivity contribution in [1.82, 2.24) is 9.78 Å². The lowest BCUT2D eigenvalue weighted by Gasteiger charge is -2.13. The minimum absolute atomic E-state index is 0.149. The SMILES string of the molecule is CC(C)n1nccc1C(O)CF. The second-order valence-electron chi connectivity index (χ2n) is 2.96. The van der Waals surface area contributed by atoms with Crippen LogP contribution >= 0.6 is 0 Å². The van der Waals surface area contributed by atoms with Gasteiger partial charge in [-0.2, -0.15) is 5.10 Å². The highest BCUT2D eigenvalue weighted by atomic mass is 19.1. The normalized spacial score (nSPS) is 13.8. The minimum Gasteiger partial charge on any atom is -0.384 e. The number of aliphatic hydroxyl groups excluding tert-OH is 1. The van der Waals surface area contributed by atoms with Gasteiger partial charge in [0, 0.05) is 12.2 Å². The fraction of sp³-hybridized carbons (Fsp3) is 0.625. The van der Waals surface area contributed by atoms with E-state index in [2.05, 4.69) is 5.10 Å². The molecule has 0 saturated heterocycles. The van der Waals surface area contributed by atoms with Crippen LogP contribution in [0.3, 0.4) is 0 Å². The van der Waals surface area contributed by atoms with Gasteiger partial charge in [0.05, 0.1) is 5.69 Å². The quantitative estimate of drug-likeness (QED) is 0.749. The summed E-state index contributed by atoms with van der Waals surface area (Å²) in [6.07, 6.45) is 0.517. The largest absolute Gasteiger partial charge is 0.384 e. The molecule has 1 aromatic rings. The maximum absolute atomic E-state index is 12.1. The van der Waals surface area contributed by atoms with E-state index in [0.717, 1.165) is 0 Å². The molecule has 1 N–H and O–H groups in total. The Morgan fingerprint density at radius 3 is 2.83 bits per heavy atom. The number of aliphatic hydroxyl groups is 1. The fourth-order valence-corrected chi connectivity index (χ4v) is 1.10. The van der Waals surface area contributed by atoms with Crippen molar-refractivity contribution in [2.75, 3.05) is 6.67 Å². The molecule has 3 nitrogen and oxygen atoms in total. The first kappa shape index (κ1) is 9.19. The molecule has 0 radical (unpaired) electrons. The fourth-order valence-electron chi connectivity index (χ4n) is 1.10. The lowest BCUT2D eigenvalue weighted by atomic mass is 10.2. The van der Waals surface area contributed by atoms with Gasteiger partial charge >= 0.3 is 0 Å². The number of aromatic nitrogens is 2. The number of halogens is 1. The minimum atomic E-state index is -1.05. The average Bonchev–Trinajstić information content (AvgIpc) is 2.50. The molecular formula is C8H13FN2O. The highest BCUT2D eigenvalue weighted by Crippen LogP contribution is 2.16. The second kappa shape index (κ2) is 3.67. The van der Waals surface area contributed by atoms with Gasteiger partial charge in [0.25, 0.3) is 0 Å². The summed E-state index contributed by atoms with van der Waals surface area (Å²) < 4.78 is 13.7. The Balaban J connectivity index is 2.91. The van der Waals surface area contributed by atoms with E-state index in [0.29, 0.717) is 5.69 Å². The van der Waals surface area contributed by atoms with E-state index in [9.17, 15) is 9.50 Å². The summed E-state index contributed by atoms with van der Waals surface area (Å²) in [4.78, 5) is 0. The summed E-state index contributed by atoms with van der Waals surface area (Å²) in [7, 11) is 0. The molecule has 0 saturated carbocycles. The average molecular weight is 172 g/mol. The zero-order valence-corrected chi connectivity index (χ0v) is 7.24. The third-order valence-corrected chi connectivity index (χ3v) is 1.68. The van der Waals surface area contributed by atoms with Gasteiger partial charge in [-0.1, -0.05) is 0 Å². The summed E-state index contributed by atoms with van der Waals surface area (Å²) in [5.74, 6) is 0. The molecule has 68 valence electrons. The Bertz CT molecular complexity index is 247. The highest BCUT2D eigenvalue weighted by molar-refractivity contribution is 5.05. The maximum Gasteiger partial charge on any atom is 0.124 e. The molecule has 1 unspecified atom stereocenters. The lowest BCUT2D eigenvalue weighted by Crippen LogP contribution is -2.12. The smallest absolute Gasteiger partial charge is 0.124 e. The number of hydrogen-bond donors (Lipinski definition) is 1. The van der Waals surface area contributed by atoms with E-state index in [1.54, 1.807) is 16.9 Å². The zero-order valence-electron chi connectivity index (χ0n) is 7.24. The molecule has 1 rings (SSSR count). The highest BCUT2D eigenvalue weighted by Gasteiger charge is 2.13. The van der Waals surface area contributed by atoms with Gasteiger partial charge < -0.3 is 5.11 Å². The topological polar surface area (TPSA) is 38.0 Å². The number of alkyl halides is 1. The molecule has 1 aromatic heterocycles. The van der Waals surface area contributed by atoms with Crippen molar-refractivity contribution in [2.45, 2.75) is 26.0 Å². The molecule has 1 atom stereocenters. The van der Waals surface area contributed by atoms with Crippen molar-refractivity contribution in [1.29, 1.82) is 0 Å². The number of rotatable bonds is 3. The molecule has 0 bridgehead atoms. The van der Waals surface area contributed by atoms with Crippen molar-refractivity contribution in [2.24, 2.45) is 0 Å². The van der Waals surface area contributed by atoms with Crippen LogP contribution in [-0.2, 0) is 0 Å². The van der Waals surface area contributed by atoms with Gasteiger partial charge in [-0.3, -0.25) is 4.68 Å². The molecule has 0 aliphatic carbocycles. The molecule has 0 amide bonds. The second-order valence-corrected chi connectivity index (χ2v) is 2.96. The van der Waals surface area contributed by atoms with E-state index >= 15 is 0 Å². The molecule has 0 spiro atoms. The standard InChI is InChI=1S/C8H13FN2O/c1-6(2)11-7(3-4-10-11)8(12)5-9/h3-4,6,8,12H,5H2,1-2H3. The van der Waals surface area contributed by atoms with Crippen LogP contribution in [0.1, 0.15) is 31.7 Å². The number of hydrogen-bond acceptors (Lipinski definition) is 2. The van der Waals surface area contributed by atoms with Gasteiger partial charge in [-0.25, -0.2) is 4.39 Å². The Morgan fingerprint density at radius 2 is 2.33 bits per heavy atom. The van der Waals surface area contributed by atoms with E-state index in [1.807, 2.05) is 13.8 Å². The summed E-state index contributed by atoms with van der Waals surface area (Å²) in [5.41, 5.74) is 0.535. The Labute approximate surface area is 70.8 Å². The Hall–Kier alpha value is -0.900. The summed E-state index contributed by atoms with van der Waals surface area (Å²) in [6, 6.07) is 1.78. The first-order chi connectivity index (χ1) is 5.66. The van der Waals surface area contributed by atoms with Crippen molar-refractivity contribution < 1.29 is 9.50 Å². The van der Waals surface area contributed by atoms with Crippen molar-refractivity contribution in [3.05, 3.63) is 18.0 Å². The van der Waals surface area contributed by atoms with E-state index in [-0.39, 0.29) is 6.04 Å². The van der Waals surface area contributed by atoms with Gasteiger partial charge in [0.15, 0.2) is 0 Å². The third-order valence-electron chi connectivity index (χ3n) is 1.68. The maximum atomic E-state index is 12.1. The van der Waals surface area contributed by atoms with E-state index in [4.69, 9.17) is 0 Å². The van der Waals surface area contributed by atoms with Crippen LogP contribution in [-0.4, -0.2) is 21.6 Å². The van der Waals surface area contributed by atoms with Gasteiger partial charge in [-0.15, -0.1) is 0 Å². The zero-order chi connectivity index (χ0) is 9.14. The van der Waals surface area contributed by atoms with Crippen molar-refractivity contribution in [3.63, 3.8) is 0 Å². The van der Waals surface area contributed by atoms with Gasteiger partial charge in [0.1, 0.15) is 12.8 Å². The predicted octanol–water partition coefficient (Wildman–Crippen LogP) is 1.47. The molecule has 0 aromatic carbocycles. The Morgan fingerprint density at radius 1 is 1.67 bits per heavy atom. The van der Waals surface area contributed by atoms with E-state index < -0.39 is 12.8 Å². The molecule has 1 heterocycles. The third kappa shape index (κ3) is 1.64. The molecular weight excluding hydrogens is 159 g/mol. The monoisotopic (exact) mass is 172 g/mol. The molecule has 12 heavy (non-hydrogen) atoms. The molecule has 4 heteroatoms. The van der Waals surface area contributed by atoms with Crippen LogP contribution in [0.15, 0.2) is 12.3 Å². The van der Waals surface area contributed by atoms with Crippen molar-refractivity contribution in [3.8, 4) is 0 Å². The Kier molecular flexibility index (Phi) is 2.81. The number of nitrogens with zero attached hydrogens (tertiary/aromatic N) is 2. The van der Waals surface area contributed by atoms with Crippen molar-refractivity contribution >= 4 is 0 Å². The molecule has 0 fully saturated rings. The summed E-state index contributed by atoms with van der Waals surface area (Å²) in [6.45, 7) is 3.10. The molecule has 0 aliphatic rings.